The van der Waals surface area contributed by atoms with Crippen molar-refractivity contribution in [3.8, 4) is 0 Å². The summed E-state index contributed by atoms with van der Waals surface area (Å²) in [5.74, 6) is 0.109. The molecule has 0 bridgehead atoms. The Morgan fingerprint density at radius 1 is 1.31 bits per heavy atom. The number of pyridine rings is 1. The number of nitrogens with zero attached hydrogens (tertiary/aromatic N) is 3. The quantitative estimate of drug-likeness (QED) is 0.618. The number of halogens is 1. The average Bonchev–Trinajstić information content (AvgIpc) is 2.77. The SMILES string of the molecule is Fc1cccc(NCCCn2cccn2)n1. The molecule has 2 aromatic heterocycles. The maximum absolute atomic E-state index is 12.7. The van der Waals surface area contributed by atoms with Crippen LogP contribution in [0.15, 0.2) is 36.7 Å². The Morgan fingerprint density at radius 2 is 2.25 bits per heavy atom. The first-order valence-corrected chi connectivity index (χ1v) is 5.18. The lowest BCUT2D eigenvalue weighted by Crippen LogP contribution is -2.08. The van der Waals surface area contributed by atoms with E-state index >= 15 is 0 Å². The lowest BCUT2D eigenvalue weighted by atomic mass is 10.4. The highest BCUT2D eigenvalue weighted by Crippen LogP contribution is 2.03. The zero-order valence-corrected chi connectivity index (χ0v) is 8.81. The van der Waals surface area contributed by atoms with E-state index < -0.39 is 5.95 Å². The molecule has 0 spiro atoms. The van der Waals surface area contributed by atoms with Gasteiger partial charge in [0.25, 0.3) is 0 Å². The van der Waals surface area contributed by atoms with E-state index in [2.05, 4.69) is 15.4 Å². The van der Waals surface area contributed by atoms with Gasteiger partial charge in [-0.05, 0) is 24.6 Å². The molecule has 0 aromatic carbocycles. The molecule has 0 aliphatic heterocycles. The van der Waals surface area contributed by atoms with Gasteiger partial charge in [-0.2, -0.15) is 9.49 Å². The molecule has 1 N–H and O–H groups in total. The molecule has 0 fully saturated rings. The van der Waals surface area contributed by atoms with E-state index in [1.807, 2.05) is 16.9 Å². The van der Waals surface area contributed by atoms with Crippen LogP contribution in [-0.4, -0.2) is 21.3 Å². The fourth-order valence-electron chi connectivity index (χ4n) is 1.40. The van der Waals surface area contributed by atoms with Crippen LogP contribution in [0.1, 0.15) is 6.42 Å². The van der Waals surface area contributed by atoms with Gasteiger partial charge < -0.3 is 5.32 Å². The monoisotopic (exact) mass is 220 g/mol. The Labute approximate surface area is 93.1 Å². The van der Waals surface area contributed by atoms with E-state index in [9.17, 15) is 4.39 Å². The molecule has 84 valence electrons. The first-order valence-electron chi connectivity index (χ1n) is 5.18. The minimum Gasteiger partial charge on any atom is -0.370 e. The molecule has 0 amide bonds. The van der Waals surface area contributed by atoms with Gasteiger partial charge in [-0.3, -0.25) is 4.68 Å². The minimum absolute atomic E-state index is 0.461. The molecule has 0 atom stereocenters. The molecule has 2 rings (SSSR count). The summed E-state index contributed by atoms with van der Waals surface area (Å²) in [5.41, 5.74) is 0. The van der Waals surface area contributed by atoms with Crippen molar-refractivity contribution in [2.75, 3.05) is 11.9 Å². The van der Waals surface area contributed by atoms with Crippen LogP contribution in [0.2, 0.25) is 0 Å². The van der Waals surface area contributed by atoms with Crippen LogP contribution in [-0.2, 0) is 6.54 Å². The first-order chi connectivity index (χ1) is 7.84. The average molecular weight is 220 g/mol. The van der Waals surface area contributed by atoms with E-state index in [4.69, 9.17) is 0 Å². The number of hydrogen-bond donors (Lipinski definition) is 1. The molecule has 5 heteroatoms. The predicted octanol–water partition coefficient (Wildman–Crippen LogP) is 1.92. The highest BCUT2D eigenvalue weighted by atomic mass is 19.1. The summed E-state index contributed by atoms with van der Waals surface area (Å²) in [7, 11) is 0. The maximum Gasteiger partial charge on any atom is 0.214 e. The Balaban J connectivity index is 1.72. The van der Waals surface area contributed by atoms with Gasteiger partial charge in [-0.1, -0.05) is 6.07 Å². The summed E-state index contributed by atoms with van der Waals surface area (Å²) in [4.78, 5) is 3.71. The van der Waals surface area contributed by atoms with Crippen molar-refractivity contribution in [2.45, 2.75) is 13.0 Å². The Kier molecular flexibility index (Phi) is 3.48. The summed E-state index contributed by atoms with van der Waals surface area (Å²) >= 11 is 0. The molecule has 0 unspecified atom stereocenters. The number of anilines is 1. The summed E-state index contributed by atoms with van der Waals surface area (Å²) in [6, 6.07) is 6.60. The topological polar surface area (TPSA) is 42.7 Å². The van der Waals surface area contributed by atoms with Crippen LogP contribution < -0.4 is 5.32 Å². The normalized spacial score (nSPS) is 10.3. The third kappa shape index (κ3) is 3.05. The van der Waals surface area contributed by atoms with Crippen LogP contribution in [0.4, 0.5) is 10.2 Å². The fraction of sp³-hybridized carbons (Fsp3) is 0.273. The van der Waals surface area contributed by atoms with Gasteiger partial charge in [0.05, 0.1) is 0 Å². The second kappa shape index (κ2) is 5.25. The third-order valence-corrected chi connectivity index (χ3v) is 2.14. The second-order valence-electron chi connectivity index (χ2n) is 3.40. The molecule has 0 aliphatic carbocycles. The zero-order valence-electron chi connectivity index (χ0n) is 8.81. The third-order valence-electron chi connectivity index (χ3n) is 2.14. The molecule has 0 aliphatic rings. The van der Waals surface area contributed by atoms with Crippen LogP contribution in [0, 0.1) is 5.95 Å². The molecule has 4 nitrogen and oxygen atoms in total. The predicted molar refractivity (Wildman–Crippen MR) is 59.5 cm³/mol. The minimum atomic E-state index is -0.461. The van der Waals surface area contributed by atoms with E-state index in [1.54, 1.807) is 18.3 Å². The number of rotatable bonds is 5. The summed E-state index contributed by atoms with van der Waals surface area (Å²) < 4.78 is 14.6. The van der Waals surface area contributed by atoms with Gasteiger partial charge in [-0.15, -0.1) is 0 Å². The summed E-state index contributed by atoms with van der Waals surface area (Å²) in [6.45, 7) is 1.59. The van der Waals surface area contributed by atoms with Gasteiger partial charge in [0.2, 0.25) is 5.95 Å². The van der Waals surface area contributed by atoms with E-state index in [0.29, 0.717) is 5.82 Å². The molecule has 0 radical (unpaired) electrons. The molecular formula is C11H13FN4. The molecule has 16 heavy (non-hydrogen) atoms. The smallest absolute Gasteiger partial charge is 0.214 e. The standard InChI is InChI=1S/C11H13FN4/c12-10-4-1-5-11(15-10)13-6-2-8-16-9-3-7-14-16/h1,3-5,7,9H,2,6,8H2,(H,13,15). The van der Waals surface area contributed by atoms with Crippen LogP contribution in [0.3, 0.4) is 0 Å². The summed E-state index contributed by atoms with van der Waals surface area (Å²) in [6.07, 6.45) is 4.59. The number of aryl methyl sites for hydroxylation is 1. The lowest BCUT2D eigenvalue weighted by molar-refractivity contribution is 0.580. The highest BCUT2D eigenvalue weighted by Gasteiger charge is 1.95. The van der Waals surface area contributed by atoms with E-state index in [1.165, 1.54) is 6.07 Å². The van der Waals surface area contributed by atoms with Crippen molar-refractivity contribution in [3.63, 3.8) is 0 Å². The lowest BCUT2D eigenvalue weighted by Gasteiger charge is -2.05. The number of nitrogens with one attached hydrogen (secondary N) is 1. The molecular weight excluding hydrogens is 207 g/mol. The van der Waals surface area contributed by atoms with Gasteiger partial charge in [-0.25, -0.2) is 4.98 Å². The van der Waals surface area contributed by atoms with Crippen molar-refractivity contribution in [3.05, 3.63) is 42.6 Å². The van der Waals surface area contributed by atoms with Crippen LogP contribution in [0.5, 0.6) is 0 Å². The Bertz CT molecular complexity index is 427. The molecule has 2 heterocycles. The second-order valence-corrected chi connectivity index (χ2v) is 3.40. The zero-order chi connectivity index (χ0) is 11.2. The van der Waals surface area contributed by atoms with Gasteiger partial charge >= 0.3 is 0 Å². The van der Waals surface area contributed by atoms with Gasteiger partial charge in [0, 0.05) is 25.5 Å². The summed E-state index contributed by atoms with van der Waals surface area (Å²) in [5, 5.41) is 7.14. The number of aromatic nitrogens is 3. The fourth-order valence-corrected chi connectivity index (χ4v) is 1.40. The van der Waals surface area contributed by atoms with Crippen molar-refractivity contribution in [1.29, 1.82) is 0 Å². The maximum atomic E-state index is 12.7. The van der Waals surface area contributed by atoms with Crippen molar-refractivity contribution in [1.82, 2.24) is 14.8 Å². The molecule has 0 saturated heterocycles. The molecule has 0 saturated carbocycles. The largest absolute Gasteiger partial charge is 0.370 e. The first kappa shape index (κ1) is 10.6. The van der Waals surface area contributed by atoms with Crippen molar-refractivity contribution < 1.29 is 4.39 Å². The highest BCUT2D eigenvalue weighted by molar-refractivity contribution is 5.33. The van der Waals surface area contributed by atoms with E-state index in [-0.39, 0.29) is 0 Å². The van der Waals surface area contributed by atoms with Crippen LogP contribution in [0.25, 0.3) is 0 Å². The van der Waals surface area contributed by atoms with Crippen molar-refractivity contribution >= 4 is 5.82 Å². The van der Waals surface area contributed by atoms with Gasteiger partial charge in [0.15, 0.2) is 0 Å². The van der Waals surface area contributed by atoms with Crippen LogP contribution >= 0.6 is 0 Å². The Hall–Kier alpha value is -1.91. The van der Waals surface area contributed by atoms with Crippen molar-refractivity contribution in [2.24, 2.45) is 0 Å². The number of hydrogen-bond acceptors (Lipinski definition) is 3. The Morgan fingerprint density at radius 3 is 3.00 bits per heavy atom. The van der Waals surface area contributed by atoms with Gasteiger partial charge in [0.1, 0.15) is 5.82 Å². The van der Waals surface area contributed by atoms with E-state index in [0.717, 1.165) is 19.5 Å². The molecule has 2 aromatic rings.